The Hall–Kier alpha value is -2.84. The molecule has 2 aromatic carbocycles. The largest absolute Gasteiger partial charge is 0.497 e. The number of methoxy groups -OCH3 is 1. The number of carbonyl (C=O) groups excluding carboxylic acids is 1. The molecule has 7 nitrogen and oxygen atoms in total. The minimum atomic E-state index is -0.0777. The van der Waals surface area contributed by atoms with E-state index in [0.717, 1.165) is 41.3 Å². The highest BCUT2D eigenvalue weighted by atomic mass is 32.1. The average molecular weight is 442 g/mol. The van der Waals surface area contributed by atoms with E-state index in [2.05, 4.69) is 18.7 Å². The van der Waals surface area contributed by atoms with Crippen LogP contribution in [0.5, 0.6) is 17.2 Å². The number of aromatic nitrogens is 1. The normalized spacial score (nSPS) is 12.9. The molecule has 3 aromatic rings. The van der Waals surface area contributed by atoms with Crippen LogP contribution in [0.2, 0.25) is 0 Å². The van der Waals surface area contributed by atoms with Gasteiger partial charge in [-0.25, -0.2) is 4.98 Å². The van der Waals surface area contributed by atoms with Gasteiger partial charge in [0.15, 0.2) is 16.6 Å². The molecule has 0 N–H and O–H groups in total. The third-order valence-corrected chi connectivity index (χ3v) is 6.43. The Balaban J connectivity index is 1.67. The molecule has 0 spiro atoms. The molecule has 1 aromatic heterocycles. The zero-order valence-electron chi connectivity index (χ0n) is 18.1. The maximum Gasteiger partial charge on any atom is 0.260 e. The number of rotatable bonds is 8. The molecule has 2 heterocycles. The van der Waals surface area contributed by atoms with Crippen LogP contribution in [0, 0.1) is 0 Å². The molecular formula is C23H27N3O4S. The molecule has 31 heavy (non-hydrogen) atoms. The van der Waals surface area contributed by atoms with Crippen LogP contribution in [0.25, 0.3) is 10.2 Å². The summed E-state index contributed by atoms with van der Waals surface area (Å²) in [6.07, 6.45) is 0. The molecule has 1 aliphatic heterocycles. The van der Waals surface area contributed by atoms with Gasteiger partial charge in [-0.15, -0.1) is 0 Å². The number of carbonyl (C=O) groups is 1. The van der Waals surface area contributed by atoms with E-state index in [1.807, 2.05) is 12.1 Å². The maximum absolute atomic E-state index is 13.5. The number of likely N-dealkylation sites (N-methyl/N-ethyl adjacent to an activating group) is 1. The summed E-state index contributed by atoms with van der Waals surface area (Å²) in [5.41, 5.74) is 1.41. The van der Waals surface area contributed by atoms with Crippen LogP contribution in [0.1, 0.15) is 24.2 Å². The number of thiazole rings is 1. The molecule has 8 heteroatoms. The zero-order chi connectivity index (χ0) is 21.8. The van der Waals surface area contributed by atoms with Gasteiger partial charge in [-0.3, -0.25) is 9.69 Å². The van der Waals surface area contributed by atoms with E-state index in [1.165, 1.54) is 11.3 Å². The quantitative estimate of drug-likeness (QED) is 0.525. The van der Waals surface area contributed by atoms with Crippen molar-refractivity contribution in [1.29, 1.82) is 0 Å². The Bertz CT molecular complexity index is 1000. The Morgan fingerprint density at radius 3 is 2.39 bits per heavy atom. The van der Waals surface area contributed by atoms with Gasteiger partial charge in [0, 0.05) is 30.8 Å². The first-order valence-corrected chi connectivity index (χ1v) is 11.3. The van der Waals surface area contributed by atoms with Crippen molar-refractivity contribution in [2.75, 3.05) is 51.4 Å². The molecule has 1 amide bonds. The number of anilines is 1. The third kappa shape index (κ3) is 4.60. The molecule has 4 rings (SSSR count). The molecule has 0 radical (unpaired) electrons. The van der Waals surface area contributed by atoms with Crippen LogP contribution in [0.3, 0.4) is 0 Å². The second-order valence-electron chi connectivity index (χ2n) is 7.17. The van der Waals surface area contributed by atoms with E-state index < -0.39 is 0 Å². The van der Waals surface area contributed by atoms with Crippen molar-refractivity contribution in [2.24, 2.45) is 0 Å². The first kappa shape index (κ1) is 21.4. The molecule has 0 aliphatic carbocycles. The highest BCUT2D eigenvalue weighted by Gasteiger charge is 2.23. The summed E-state index contributed by atoms with van der Waals surface area (Å²) in [5, 5.41) is 0.672. The van der Waals surface area contributed by atoms with E-state index in [9.17, 15) is 4.79 Å². The maximum atomic E-state index is 13.5. The molecule has 0 fully saturated rings. The molecule has 0 atom stereocenters. The molecular weight excluding hydrogens is 414 g/mol. The number of amides is 1. The van der Waals surface area contributed by atoms with Crippen molar-refractivity contribution in [1.82, 2.24) is 9.88 Å². The number of benzene rings is 2. The summed E-state index contributed by atoms with van der Waals surface area (Å²) in [4.78, 5) is 22.3. The lowest BCUT2D eigenvalue weighted by Gasteiger charge is -2.24. The standard InChI is InChI=1S/C23H27N3O4S/c1-4-25(5-2)10-11-26(22(27)16-6-8-17(28-3)9-7-16)23-24-18-14-19-20(15-21(18)31-23)30-13-12-29-19/h6-9,14-15H,4-5,10-13H2,1-3H3. The van der Waals surface area contributed by atoms with Crippen molar-refractivity contribution in [3.05, 3.63) is 42.0 Å². The van der Waals surface area contributed by atoms with E-state index in [-0.39, 0.29) is 5.91 Å². The number of fused-ring (bicyclic) bond motifs is 2. The minimum absolute atomic E-state index is 0.0777. The first-order chi connectivity index (χ1) is 15.1. The van der Waals surface area contributed by atoms with E-state index in [0.29, 0.717) is 36.2 Å². The molecule has 0 bridgehead atoms. The van der Waals surface area contributed by atoms with E-state index in [1.54, 1.807) is 36.3 Å². The van der Waals surface area contributed by atoms with Crippen LogP contribution in [0.4, 0.5) is 5.13 Å². The summed E-state index contributed by atoms with van der Waals surface area (Å²) in [7, 11) is 1.61. The number of hydrogen-bond donors (Lipinski definition) is 0. The van der Waals surface area contributed by atoms with Gasteiger partial charge in [0.05, 0.1) is 17.3 Å². The van der Waals surface area contributed by atoms with Gasteiger partial charge >= 0.3 is 0 Å². The lowest BCUT2D eigenvalue weighted by Crippen LogP contribution is -2.38. The highest BCUT2D eigenvalue weighted by Crippen LogP contribution is 2.39. The van der Waals surface area contributed by atoms with Gasteiger partial charge < -0.3 is 19.1 Å². The summed E-state index contributed by atoms with van der Waals surface area (Å²) in [5.74, 6) is 2.07. The first-order valence-electron chi connectivity index (χ1n) is 10.5. The Morgan fingerprint density at radius 1 is 1.06 bits per heavy atom. The number of ether oxygens (including phenoxy) is 3. The lowest BCUT2D eigenvalue weighted by molar-refractivity contribution is 0.0983. The van der Waals surface area contributed by atoms with Crippen molar-refractivity contribution < 1.29 is 19.0 Å². The third-order valence-electron chi connectivity index (χ3n) is 5.39. The smallest absolute Gasteiger partial charge is 0.260 e. The predicted octanol–water partition coefficient (Wildman–Crippen LogP) is 4.06. The zero-order valence-corrected chi connectivity index (χ0v) is 18.9. The van der Waals surface area contributed by atoms with Gasteiger partial charge in [-0.1, -0.05) is 25.2 Å². The monoisotopic (exact) mass is 441 g/mol. The van der Waals surface area contributed by atoms with Crippen LogP contribution in [-0.2, 0) is 0 Å². The average Bonchev–Trinajstić information content (AvgIpc) is 3.22. The molecule has 1 aliphatic rings. The van der Waals surface area contributed by atoms with Crippen LogP contribution >= 0.6 is 11.3 Å². The van der Waals surface area contributed by atoms with Crippen molar-refractivity contribution in [2.45, 2.75) is 13.8 Å². The van der Waals surface area contributed by atoms with Crippen molar-refractivity contribution in [3.63, 3.8) is 0 Å². The van der Waals surface area contributed by atoms with E-state index >= 15 is 0 Å². The highest BCUT2D eigenvalue weighted by molar-refractivity contribution is 7.22. The lowest BCUT2D eigenvalue weighted by atomic mass is 10.2. The van der Waals surface area contributed by atoms with Gasteiger partial charge in [0.2, 0.25) is 0 Å². The summed E-state index contributed by atoms with van der Waals surface area (Å²) >= 11 is 1.49. The second kappa shape index (κ2) is 9.53. The van der Waals surface area contributed by atoms with Crippen LogP contribution in [-0.4, -0.2) is 62.3 Å². The Kier molecular flexibility index (Phi) is 6.58. The molecule has 0 saturated heterocycles. The van der Waals surface area contributed by atoms with Gasteiger partial charge in [0.1, 0.15) is 19.0 Å². The minimum Gasteiger partial charge on any atom is -0.497 e. The van der Waals surface area contributed by atoms with Crippen LogP contribution < -0.4 is 19.1 Å². The summed E-state index contributed by atoms with van der Waals surface area (Å²) in [6.45, 7) is 8.51. The fourth-order valence-electron chi connectivity index (χ4n) is 3.52. The molecule has 0 unspecified atom stereocenters. The SMILES string of the molecule is CCN(CC)CCN(C(=O)c1ccc(OC)cc1)c1nc2cc3c(cc2s1)OCCO3. The summed E-state index contributed by atoms with van der Waals surface area (Å²) in [6, 6.07) is 11.0. The van der Waals surface area contributed by atoms with Crippen LogP contribution in [0.15, 0.2) is 36.4 Å². The Morgan fingerprint density at radius 2 is 1.74 bits per heavy atom. The number of hydrogen-bond acceptors (Lipinski definition) is 7. The van der Waals surface area contributed by atoms with E-state index in [4.69, 9.17) is 19.2 Å². The van der Waals surface area contributed by atoms with Gasteiger partial charge in [0.25, 0.3) is 5.91 Å². The van der Waals surface area contributed by atoms with Crippen molar-refractivity contribution >= 4 is 32.6 Å². The van der Waals surface area contributed by atoms with Crippen molar-refractivity contribution in [3.8, 4) is 17.2 Å². The fourth-order valence-corrected chi connectivity index (χ4v) is 4.52. The molecule has 0 saturated carbocycles. The fraction of sp³-hybridized carbons (Fsp3) is 0.391. The summed E-state index contributed by atoms with van der Waals surface area (Å²) < 4.78 is 17.6. The predicted molar refractivity (Wildman–Crippen MR) is 123 cm³/mol. The number of nitrogens with zero attached hydrogens (tertiary/aromatic N) is 3. The second-order valence-corrected chi connectivity index (χ2v) is 8.18. The molecule has 164 valence electrons. The topological polar surface area (TPSA) is 64.1 Å². The Labute approximate surface area is 186 Å². The van der Waals surface area contributed by atoms with Gasteiger partial charge in [-0.05, 0) is 37.4 Å². The van der Waals surface area contributed by atoms with Gasteiger partial charge in [-0.2, -0.15) is 0 Å².